The molecule has 2 aromatic heterocycles. The van der Waals surface area contributed by atoms with Crippen molar-refractivity contribution in [1.82, 2.24) is 9.38 Å². The number of nitrogens with zero attached hydrogens (tertiary/aromatic N) is 2. The van der Waals surface area contributed by atoms with Crippen molar-refractivity contribution >= 4 is 5.65 Å². The molecule has 0 amide bonds. The van der Waals surface area contributed by atoms with E-state index >= 15 is 0 Å². The first-order valence-corrected chi connectivity index (χ1v) is 5.06. The Morgan fingerprint density at radius 3 is 2.56 bits per heavy atom. The fraction of sp³-hybridized carbons (Fsp3) is 0. The van der Waals surface area contributed by atoms with Crippen LogP contribution in [0.1, 0.15) is 0 Å². The maximum absolute atomic E-state index is 9.36. The zero-order valence-corrected chi connectivity index (χ0v) is 8.54. The standard InChI is InChI=1S/C13H10N2O/c16-11-6-7-13-14-12(9-15(13)8-11)10-4-2-1-3-5-10/h1-9,16H. The van der Waals surface area contributed by atoms with Crippen molar-refractivity contribution < 1.29 is 5.11 Å². The Morgan fingerprint density at radius 1 is 0.938 bits per heavy atom. The first kappa shape index (κ1) is 8.97. The lowest BCUT2D eigenvalue weighted by Gasteiger charge is -1.92. The van der Waals surface area contributed by atoms with E-state index in [4.69, 9.17) is 0 Å². The second-order valence-electron chi connectivity index (χ2n) is 3.64. The lowest BCUT2D eigenvalue weighted by atomic mass is 10.2. The fourth-order valence-corrected chi connectivity index (χ4v) is 1.73. The van der Waals surface area contributed by atoms with Crippen LogP contribution in [0.3, 0.4) is 0 Å². The van der Waals surface area contributed by atoms with Gasteiger partial charge in [-0.15, -0.1) is 0 Å². The van der Waals surface area contributed by atoms with Crippen molar-refractivity contribution in [1.29, 1.82) is 0 Å². The minimum atomic E-state index is 0.240. The van der Waals surface area contributed by atoms with Crippen LogP contribution in [0.2, 0.25) is 0 Å². The van der Waals surface area contributed by atoms with Gasteiger partial charge in [-0.3, -0.25) is 0 Å². The Kier molecular flexibility index (Phi) is 1.90. The van der Waals surface area contributed by atoms with Crippen LogP contribution in [-0.4, -0.2) is 14.5 Å². The van der Waals surface area contributed by atoms with Crippen LogP contribution < -0.4 is 0 Å². The molecule has 0 aliphatic carbocycles. The predicted molar refractivity (Wildman–Crippen MR) is 62.3 cm³/mol. The number of aromatic hydroxyl groups is 1. The maximum Gasteiger partial charge on any atom is 0.137 e. The summed E-state index contributed by atoms with van der Waals surface area (Å²) in [6.07, 6.45) is 3.55. The van der Waals surface area contributed by atoms with Gasteiger partial charge in [0.1, 0.15) is 11.4 Å². The summed E-state index contributed by atoms with van der Waals surface area (Å²) in [5, 5.41) is 9.36. The zero-order chi connectivity index (χ0) is 11.0. The van der Waals surface area contributed by atoms with Crippen LogP contribution in [0, 0.1) is 0 Å². The topological polar surface area (TPSA) is 37.5 Å². The van der Waals surface area contributed by atoms with Gasteiger partial charge in [-0.1, -0.05) is 30.3 Å². The largest absolute Gasteiger partial charge is 0.506 e. The molecule has 3 heteroatoms. The van der Waals surface area contributed by atoms with E-state index in [1.54, 1.807) is 18.3 Å². The number of hydrogen-bond donors (Lipinski definition) is 1. The fourth-order valence-electron chi connectivity index (χ4n) is 1.73. The summed E-state index contributed by atoms with van der Waals surface area (Å²) in [4.78, 5) is 4.48. The number of pyridine rings is 1. The lowest BCUT2D eigenvalue weighted by Crippen LogP contribution is -1.79. The smallest absolute Gasteiger partial charge is 0.137 e. The van der Waals surface area contributed by atoms with Gasteiger partial charge in [0.05, 0.1) is 11.9 Å². The lowest BCUT2D eigenvalue weighted by molar-refractivity contribution is 0.472. The number of aromatic nitrogens is 2. The van der Waals surface area contributed by atoms with E-state index < -0.39 is 0 Å². The molecular weight excluding hydrogens is 200 g/mol. The molecular formula is C13H10N2O. The third-order valence-corrected chi connectivity index (χ3v) is 2.50. The monoisotopic (exact) mass is 210 g/mol. The second-order valence-corrected chi connectivity index (χ2v) is 3.64. The van der Waals surface area contributed by atoms with Crippen LogP contribution >= 0.6 is 0 Å². The normalized spacial score (nSPS) is 10.8. The Balaban J connectivity index is 2.19. The van der Waals surface area contributed by atoms with Crippen LogP contribution in [0.5, 0.6) is 5.75 Å². The molecule has 3 nitrogen and oxygen atoms in total. The first-order chi connectivity index (χ1) is 7.83. The minimum Gasteiger partial charge on any atom is -0.506 e. The molecule has 0 atom stereocenters. The van der Waals surface area contributed by atoms with E-state index in [1.807, 2.05) is 40.9 Å². The molecule has 2 heterocycles. The van der Waals surface area contributed by atoms with Gasteiger partial charge < -0.3 is 9.51 Å². The molecule has 0 aliphatic rings. The number of benzene rings is 1. The second kappa shape index (κ2) is 3.38. The van der Waals surface area contributed by atoms with Crippen molar-refractivity contribution in [2.24, 2.45) is 0 Å². The van der Waals surface area contributed by atoms with Gasteiger partial charge >= 0.3 is 0 Å². The zero-order valence-electron chi connectivity index (χ0n) is 8.54. The van der Waals surface area contributed by atoms with E-state index in [0.717, 1.165) is 16.9 Å². The summed E-state index contributed by atoms with van der Waals surface area (Å²) in [6, 6.07) is 13.4. The minimum absolute atomic E-state index is 0.240. The van der Waals surface area contributed by atoms with E-state index in [9.17, 15) is 5.11 Å². The summed E-state index contributed by atoms with van der Waals surface area (Å²) >= 11 is 0. The molecule has 0 radical (unpaired) electrons. The highest BCUT2D eigenvalue weighted by atomic mass is 16.3. The average molecular weight is 210 g/mol. The summed E-state index contributed by atoms with van der Waals surface area (Å²) in [6.45, 7) is 0. The Bertz CT molecular complexity index is 629. The number of hydrogen-bond acceptors (Lipinski definition) is 2. The molecule has 0 saturated heterocycles. The summed E-state index contributed by atoms with van der Waals surface area (Å²) < 4.78 is 1.82. The van der Waals surface area contributed by atoms with Crippen molar-refractivity contribution in [2.75, 3.05) is 0 Å². The van der Waals surface area contributed by atoms with Gasteiger partial charge in [0.25, 0.3) is 0 Å². The average Bonchev–Trinajstić information content (AvgIpc) is 2.73. The number of fused-ring (bicyclic) bond motifs is 1. The molecule has 78 valence electrons. The molecule has 1 N–H and O–H groups in total. The summed E-state index contributed by atoms with van der Waals surface area (Å²) in [5.41, 5.74) is 2.81. The molecule has 0 spiro atoms. The van der Waals surface area contributed by atoms with Crippen LogP contribution in [0.4, 0.5) is 0 Å². The third kappa shape index (κ3) is 1.42. The number of imidazole rings is 1. The molecule has 3 aromatic rings. The summed E-state index contributed by atoms with van der Waals surface area (Å²) in [7, 11) is 0. The SMILES string of the molecule is Oc1ccc2nc(-c3ccccc3)cn2c1. The van der Waals surface area contributed by atoms with Gasteiger partial charge in [-0.05, 0) is 12.1 Å². The predicted octanol–water partition coefficient (Wildman–Crippen LogP) is 2.71. The van der Waals surface area contributed by atoms with Crippen LogP contribution in [-0.2, 0) is 0 Å². The molecule has 0 fully saturated rings. The van der Waals surface area contributed by atoms with Gasteiger partial charge in [0.2, 0.25) is 0 Å². The van der Waals surface area contributed by atoms with Gasteiger partial charge in [-0.25, -0.2) is 4.98 Å². The molecule has 16 heavy (non-hydrogen) atoms. The van der Waals surface area contributed by atoms with Crippen molar-refractivity contribution in [2.45, 2.75) is 0 Å². The highest BCUT2D eigenvalue weighted by molar-refractivity contribution is 5.62. The van der Waals surface area contributed by atoms with Gasteiger partial charge in [-0.2, -0.15) is 0 Å². The highest BCUT2D eigenvalue weighted by Gasteiger charge is 2.03. The van der Waals surface area contributed by atoms with Crippen molar-refractivity contribution in [3.63, 3.8) is 0 Å². The van der Waals surface area contributed by atoms with Crippen LogP contribution in [0.15, 0.2) is 54.9 Å². The molecule has 0 unspecified atom stereocenters. The van der Waals surface area contributed by atoms with E-state index in [2.05, 4.69) is 4.98 Å². The van der Waals surface area contributed by atoms with Gasteiger partial charge in [0.15, 0.2) is 0 Å². The summed E-state index contributed by atoms with van der Waals surface area (Å²) in [5.74, 6) is 0.240. The van der Waals surface area contributed by atoms with Crippen LogP contribution in [0.25, 0.3) is 16.9 Å². The van der Waals surface area contributed by atoms with E-state index in [0.29, 0.717) is 0 Å². The maximum atomic E-state index is 9.36. The van der Waals surface area contributed by atoms with Crippen molar-refractivity contribution in [3.8, 4) is 17.0 Å². The van der Waals surface area contributed by atoms with Gasteiger partial charge in [0, 0.05) is 11.8 Å². The molecule has 0 aliphatic heterocycles. The first-order valence-electron chi connectivity index (χ1n) is 5.06. The Labute approximate surface area is 92.6 Å². The molecule has 3 rings (SSSR count). The van der Waals surface area contributed by atoms with E-state index in [-0.39, 0.29) is 5.75 Å². The molecule has 1 aromatic carbocycles. The Morgan fingerprint density at radius 2 is 1.75 bits per heavy atom. The van der Waals surface area contributed by atoms with E-state index in [1.165, 1.54) is 0 Å². The number of rotatable bonds is 1. The quantitative estimate of drug-likeness (QED) is 0.670. The Hall–Kier alpha value is -2.29. The highest BCUT2D eigenvalue weighted by Crippen LogP contribution is 2.20. The van der Waals surface area contributed by atoms with Crippen molar-refractivity contribution in [3.05, 3.63) is 54.9 Å². The molecule has 0 bridgehead atoms. The third-order valence-electron chi connectivity index (χ3n) is 2.50. The molecule has 0 saturated carbocycles.